The molecule has 1 amide bonds. The summed E-state index contributed by atoms with van der Waals surface area (Å²) in [6, 6.07) is 9.61. The molecular formula is C27H32N6O4. The number of aromatic nitrogens is 3. The summed E-state index contributed by atoms with van der Waals surface area (Å²) < 4.78 is 16.4. The average molecular weight is 505 g/mol. The van der Waals surface area contributed by atoms with E-state index in [2.05, 4.69) is 30.9 Å². The van der Waals surface area contributed by atoms with Crippen molar-refractivity contribution in [3.63, 3.8) is 0 Å². The SMILES string of the molecule is COCCOCCNC(=O)C1=Cc2c(ncnc2Nc2ccc(Oc3ccc(C)nc3)c(C)c2)NCC1. The van der Waals surface area contributed by atoms with Crippen molar-refractivity contribution >= 4 is 29.3 Å². The number of fused-ring (bicyclic) bond motifs is 1. The molecule has 10 nitrogen and oxygen atoms in total. The lowest BCUT2D eigenvalue weighted by molar-refractivity contribution is -0.117. The van der Waals surface area contributed by atoms with Crippen LogP contribution in [0.5, 0.6) is 11.5 Å². The van der Waals surface area contributed by atoms with E-state index >= 15 is 0 Å². The van der Waals surface area contributed by atoms with E-state index in [4.69, 9.17) is 14.2 Å². The second-order valence-electron chi connectivity index (χ2n) is 8.53. The van der Waals surface area contributed by atoms with Gasteiger partial charge in [-0.25, -0.2) is 9.97 Å². The number of nitrogens with one attached hydrogen (secondary N) is 3. The fourth-order valence-electron chi connectivity index (χ4n) is 3.73. The van der Waals surface area contributed by atoms with Crippen molar-refractivity contribution in [3.8, 4) is 11.5 Å². The molecule has 3 heterocycles. The Labute approximate surface area is 216 Å². The quantitative estimate of drug-likeness (QED) is 0.333. The van der Waals surface area contributed by atoms with Crippen molar-refractivity contribution in [2.45, 2.75) is 20.3 Å². The summed E-state index contributed by atoms with van der Waals surface area (Å²) in [5.74, 6) is 2.56. The first kappa shape index (κ1) is 26.1. The molecule has 194 valence electrons. The lowest BCUT2D eigenvalue weighted by Crippen LogP contribution is -2.29. The minimum Gasteiger partial charge on any atom is -0.455 e. The second-order valence-corrected chi connectivity index (χ2v) is 8.53. The zero-order valence-electron chi connectivity index (χ0n) is 21.3. The normalized spacial score (nSPS) is 12.6. The summed E-state index contributed by atoms with van der Waals surface area (Å²) in [5.41, 5.74) is 4.10. The van der Waals surface area contributed by atoms with Gasteiger partial charge in [0.15, 0.2) is 0 Å². The predicted molar refractivity (Wildman–Crippen MR) is 142 cm³/mol. The third kappa shape index (κ3) is 7.25. The number of benzene rings is 1. The van der Waals surface area contributed by atoms with Gasteiger partial charge in [0, 0.05) is 37.2 Å². The highest BCUT2D eigenvalue weighted by Gasteiger charge is 2.18. The van der Waals surface area contributed by atoms with Crippen molar-refractivity contribution in [2.75, 3.05) is 50.7 Å². The van der Waals surface area contributed by atoms with Crippen LogP contribution in [0.25, 0.3) is 6.08 Å². The molecule has 10 heteroatoms. The van der Waals surface area contributed by atoms with Gasteiger partial charge in [-0.1, -0.05) is 0 Å². The molecule has 0 bridgehead atoms. The number of hydrogen-bond acceptors (Lipinski definition) is 9. The number of methoxy groups -OCH3 is 1. The molecule has 2 aromatic heterocycles. The number of aryl methyl sites for hydroxylation is 2. The highest BCUT2D eigenvalue weighted by atomic mass is 16.5. The molecule has 0 radical (unpaired) electrons. The first-order valence-electron chi connectivity index (χ1n) is 12.2. The maximum Gasteiger partial charge on any atom is 0.247 e. The molecule has 1 aliphatic rings. The number of nitrogens with zero attached hydrogens (tertiary/aromatic N) is 3. The Hall–Kier alpha value is -4.02. The minimum absolute atomic E-state index is 0.136. The summed E-state index contributed by atoms with van der Waals surface area (Å²) in [6.45, 7) is 6.36. The zero-order valence-corrected chi connectivity index (χ0v) is 21.3. The lowest BCUT2D eigenvalue weighted by Gasteiger charge is -2.14. The topological polar surface area (TPSA) is 120 Å². The summed E-state index contributed by atoms with van der Waals surface area (Å²) in [7, 11) is 1.62. The minimum atomic E-state index is -0.136. The molecule has 1 aliphatic heterocycles. The zero-order chi connectivity index (χ0) is 26.0. The number of hydrogen-bond donors (Lipinski definition) is 3. The number of amides is 1. The summed E-state index contributed by atoms with van der Waals surface area (Å²) in [5, 5.41) is 9.57. The van der Waals surface area contributed by atoms with E-state index in [9.17, 15) is 4.79 Å². The predicted octanol–water partition coefficient (Wildman–Crippen LogP) is 4.00. The number of carbonyl (C=O) groups excluding carboxylic acids is 1. The highest BCUT2D eigenvalue weighted by molar-refractivity contribution is 6.00. The van der Waals surface area contributed by atoms with Gasteiger partial charge >= 0.3 is 0 Å². The van der Waals surface area contributed by atoms with E-state index in [1.54, 1.807) is 13.3 Å². The number of carbonyl (C=O) groups is 1. The van der Waals surface area contributed by atoms with Crippen molar-refractivity contribution in [2.24, 2.45) is 0 Å². The van der Waals surface area contributed by atoms with Crippen LogP contribution in [-0.2, 0) is 14.3 Å². The van der Waals surface area contributed by atoms with Gasteiger partial charge in [0.25, 0.3) is 0 Å². The molecular weight excluding hydrogens is 472 g/mol. The van der Waals surface area contributed by atoms with Crippen molar-refractivity contribution in [1.82, 2.24) is 20.3 Å². The molecule has 4 rings (SSSR count). The van der Waals surface area contributed by atoms with Crippen molar-refractivity contribution in [3.05, 3.63) is 65.2 Å². The van der Waals surface area contributed by atoms with E-state index < -0.39 is 0 Å². The molecule has 0 saturated heterocycles. The second kappa shape index (κ2) is 12.8. The number of rotatable bonds is 11. The first-order chi connectivity index (χ1) is 18.0. The van der Waals surface area contributed by atoms with E-state index in [0.717, 1.165) is 28.3 Å². The molecule has 37 heavy (non-hydrogen) atoms. The van der Waals surface area contributed by atoms with E-state index in [-0.39, 0.29) is 5.91 Å². The maximum atomic E-state index is 12.8. The third-order valence-corrected chi connectivity index (χ3v) is 5.69. The van der Waals surface area contributed by atoms with E-state index in [1.807, 2.05) is 50.3 Å². The Balaban J connectivity index is 1.46. The van der Waals surface area contributed by atoms with E-state index in [1.165, 1.54) is 6.33 Å². The van der Waals surface area contributed by atoms with Crippen LogP contribution in [-0.4, -0.2) is 60.9 Å². The largest absolute Gasteiger partial charge is 0.455 e. The van der Waals surface area contributed by atoms with Gasteiger partial charge < -0.3 is 30.2 Å². The van der Waals surface area contributed by atoms with Gasteiger partial charge in [-0.15, -0.1) is 0 Å². The molecule has 0 unspecified atom stereocenters. The molecule has 0 spiro atoms. The van der Waals surface area contributed by atoms with Gasteiger partial charge in [-0.3, -0.25) is 9.78 Å². The van der Waals surface area contributed by atoms with Crippen LogP contribution in [0.1, 0.15) is 23.2 Å². The summed E-state index contributed by atoms with van der Waals surface area (Å²) in [6.07, 6.45) is 5.61. The number of anilines is 3. The van der Waals surface area contributed by atoms with Crippen LogP contribution < -0.4 is 20.7 Å². The molecule has 0 fully saturated rings. The maximum absolute atomic E-state index is 12.8. The Bertz CT molecular complexity index is 1250. The van der Waals surface area contributed by atoms with Gasteiger partial charge in [0.1, 0.15) is 29.5 Å². The smallest absolute Gasteiger partial charge is 0.247 e. The molecule has 3 aromatic rings. The molecule has 1 aromatic carbocycles. The number of ether oxygens (including phenoxy) is 3. The van der Waals surface area contributed by atoms with Gasteiger partial charge in [-0.2, -0.15) is 0 Å². The number of pyridine rings is 1. The first-order valence-corrected chi connectivity index (χ1v) is 12.2. The molecule has 0 atom stereocenters. The average Bonchev–Trinajstić information content (AvgIpc) is 3.12. The fourth-order valence-corrected chi connectivity index (χ4v) is 3.73. The fraction of sp³-hybridized carbons (Fsp3) is 0.333. The van der Waals surface area contributed by atoms with Crippen LogP contribution in [0.4, 0.5) is 17.3 Å². The molecule has 0 aliphatic carbocycles. The van der Waals surface area contributed by atoms with Crippen molar-refractivity contribution in [1.29, 1.82) is 0 Å². The Kier molecular flexibility index (Phi) is 9.01. The summed E-state index contributed by atoms with van der Waals surface area (Å²) >= 11 is 0. The van der Waals surface area contributed by atoms with E-state index in [0.29, 0.717) is 62.3 Å². The highest BCUT2D eigenvalue weighted by Crippen LogP contribution is 2.31. The Morgan fingerprint density at radius 3 is 2.76 bits per heavy atom. The van der Waals surface area contributed by atoms with Crippen LogP contribution in [0.2, 0.25) is 0 Å². The van der Waals surface area contributed by atoms with Crippen LogP contribution in [0.3, 0.4) is 0 Å². The monoisotopic (exact) mass is 504 g/mol. The van der Waals surface area contributed by atoms with Crippen LogP contribution in [0.15, 0.2) is 48.4 Å². The Morgan fingerprint density at radius 1 is 1.08 bits per heavy atom. The standard InChI is InChI=1S/C27H32N6O4/c1-18-14-21(5-7-24(18)37-22-6-4-19(2)30-16-22)33-26-23-15-20(8-9-28-25(23)31-17-32-26)27(34)29-10-11-36-13-12-35-3/h4-7,14-17H,8-13H2,1-3H3,(H,29,34)(H2,28,31,32,33). The Morgan fingerprint density at radius 2 is 1.97 bits per heavy atom. The van der Waals surface area contributed by atoms with Gasteiger partial charge in [-0.05, 0) is 62.2 Å². The molecule has 0 saturated carbocycles. The van der Waals surface area contributed by atoms with Crippen LogP contribution in [0, 0.1) is 13.8 Å². The van der Waals surface area contributed by atoms with Gasteiger partial charge in [0.05, 0.1) is 31.6 Å². The van der Waals surface area contributed by atoms with Crippen molar-refractivity contribution < 1.29 is 19.0 Å². The van der Waals surface area contributed by atoms with Gasteiger partial charge in [0.2, 0.25) is 5.91 Å². The van der Waals surface area contributed by atoms with Crippen LogP contribution >= 0.6 is 0 Å². The lowest BCUT2D eigenvalue weighted by atomic mass is 10.1. The molecule has 3 N–H and O–H groups in total. The third-order valence-electron chi connectivity index (χ3n) is 5.69. The summed E-state index contributed by atoms with van der Waals surface area (Å²) in [4.78, 5) is 25.9.